The summed E-state index contributed by atoms with van der Waals surface area (Å²) in [5.74, 6) is -4.49. The van der Waals surface area contributed by atoms with Gasteiger partial charge in [0.1, 0.15) is 5.92 Å². The van der Waals surface area contributed by atoms with E-state index >= 15 is 0 Å². The SMILES string of the molecule is CCCOc1ccc([C@@H]2[C@H](C(=O)OC)C(=O)C[C@@](C)(O)[C@@H]2C(=O)OC)cc1OC. The Labute approximate surface area is 170 Å². The maximum Gasteiger partial charge on any atom is 0.316 e. The first-order valence-electron chi connectivity index (χ1n) is 9.43. The second-order valence-electron chi connectivity index (χ2n) is 7.29. The lowest BCUT2D eigenvalue weighted by molar-refractivity contribution is -0.170. The highest BCUT2D eigenvalue weighted by molar-refractivity contribution is 6.02. The van der Waals surface area contributed by atoms with Gasteiger partial charge in [-0.2, -0.15) is 0 Å². The molecule has 1 aliphatic rings. The first kappa shape index (κ1) is 22.7. The number of rotatable bonds is 7. The zero-order valence-corrected chi connectivity index (χ0v) is 17.4. The summed E-state index contributed by atoms with van der Waals surface area (Å²) >= 11 is 0. The van der Waals surface area contributed by atoms with E-state index in [4.69, 9.17) is 18.9 Å². The molecule has 1 N–H and O–H groups in total. The van der Waals surface area contributed by atoms with Gasteiger partial charge in [-0.15, -0.1) is 0 Å². The van der Waals surface area contributed by atoms with Crippen LogP contribution in [0.2, 0.25) is 0 Å². The number of carbonyl (C=O) groups excluding carboxylic acids is 3. The number of methoxy groups -OCH3 is 3. The summed E-state index contributed by atoms with van der Waals surface area (Å²) in [4.78, 5) is 37.8. The highest BCUT2D eigenvalue weighted by Gasteiger charge is 2.57. The first-order valence-corrected chi connectivity index (χ1v) is 9.43. The van der Waals surface area contributed by atoms with Crippen LogP contribution in [0.5, 0.6) is 11.5 Å². The normalized spacial score (nSPS) is 26.6. The number of ether oxygens (including phenoxy) is 4. The third kappa shape index (κ3) is 4.53. The van der Waals surface area contributed by atoms with E-state index in [-0.39, 0.29) is 6.42 Å². The van der Waals surface area contributed by atoms with Gasteiger partial charge in [0.05, 0.1) is 39.5 Å². The van der Waals surface area contributed by atoms with Crippen molar-refractivity contribution in [2.24, 2.45) is 11.8 Å². The molecule has 29 heavy (non-hydrogen) atoms. The van der Waals surface area contributed by atoms with E-state index < -0.39 is 41.1 Å². The van der Waals surface area contributed by atoms with E-state index in [0.29, 0.717) is 23.7 Å². The molecule has 0 aliphatic heterocycles. The smallest absolute Gasteiger partial charge is 0.316 e. The fourth-order valence-corrected chi connectivity index (χ4v) is 3.89. The van der Waals surface area contributed by atoms with Gasteiger partial charge in [-0.1, -0.05) is 13.0 Å². The Hall–Kier alpha value is -2.61. The molecule has 4 atom stereocenters. The van der Waals surface area contributed by atoms with Gasteiger partial charge < -0.3 is 24.1 Å². The molecule has 0 spiro atoms. The lowest BCUT2D eigenvalue weighted by Gasteiger charge is -2.43. The van der Waals surface area contributed by atoms with Gasteiger partial charge in [0.25, 0.3) is 0 Å². The summed E-state index contributed by atoms with van der Waals surface area (Å²) in [6.45, 7) is 3.85. The summed E-state index contributed by atoms with van der Waals surface area (Å²) in [5.41, 5.74) is -1.23. The van der Waals surface area contributed by atoms with Crippen molar-refractivity contribution in [3.05, 3.63) is 23.8 Å². The largest absolute Gasteiger partial charge is 0.493 e. The highest BCUT2D eigenvalue weighted by atomic mass is 16.5. The predicted molar refractivity (Wildman–Crippen MR) is 103 cm³/mol. The van der Waals surface area contributed by atoms with Crippen LogP contribution < -0.4 is 9.47 Å². The fourth-order valence-electron chi connectivity index (χ4n) is 3.89. The number of aliphatic hydroxyl groups is 1. The van der Waals surface area contributed by atoms with E-state index in [0.717, 1.165) is 6.42 Å². The van der Waals surface area contributed by atoms with Crippen LogP contribution in [0.15, 0.2) is 18.2 Å². The van der Waals surface area contributed by atoms with Crippen LogP contribution in [0.4, 0.5) is 0 Å². The Kier molecular flexibility index (Phi) is 7.24. The van der Waals surface area contributed by atoms with Crippen molar-refractivity contribution in [2.45, 2.75) is 38.2 Å². The topological polar surface area (TPSA) is 108 Å². The summed E-state index contributed by atoms with van der Waals surface area (Å²) in [6, 6.07) is 4.91. The molecule has 160 valence electrons. The van der Waals surface area contributed by atoms with Crippen LogP contribution in [0.25, 0.3) is 0 Å². The molecule has 0 bridgehead atoms. The molecular formula is C21H28O8. The van der Waals surface area contributed by atoms with E-state index in [1.54, 1.807) is 18.2 Å². The van der Waals surface area contributed by atoms with E-state index in [1.165, 1.54) is 28.3 Å². The predicted octanol–water partition coefficient (Wildman–Crippen LogP) is 1.87. The molecule has 0 unspecified atom stereocenters. The van der Waals surface area contributed by atoms with Gasteiger partial charge in [0.15, 0.2) is 17.3 Å². The summed E-state index contributed by atoms with van der Waals surface area (Å²) in [6.07, 6.45) is 0.442. The summed E-state index contributed by atoms with van der Waals surface area (Å²) < 4.78 is 20.8. The third-order valence-corrected chi connectivity index (χ3v) is 5.21. The lowest BCUT2D eigenvalue weighted by Crippen LogP contribution is -2.55. The van der Waals surface area contributed by atoms with E-state index in [1.807, 2.05) is 6.92 Å². The van der Waals surface area contributed by atoms with Crippen LogP contribution in [0.1, 0.15) is 38.2 Å². The zero-order valence-electron chi connectivity index (χ0n) is 17.4. The van der Waals surface area contributed by atoms with Crippen molar-refractivity contribution in [1.82, 2.24) is 0 Å². The van der Waals surface area contributed by atoms with Crippen molar-refractivity contribution >= 4 is 17.7 Å². The number of carbonyl (C=O) groups is 3. The highest BCUT2D eigenvalue weighted by Crippen LogP contribution is 2.48. The van der Waals surface area contributed by atoms with Crippen molar-refractivity contribution in [3.8, 4) is 11.5 Å². The Balaban J connectivity index is 2.63. The minimum absolute atomic E-state index is 0.363. The van der Waals surface area contributed by atoms with Crippen LogP contribution >= 0.6 is 0 Å². The van der Waals surface area contributed by atoms with Gasteiger partial charge in [-0.05, 0) is 31.0 Å². The van der Waals surface area contributed by atoms with Crippen molar-refractivity contribution in [3.63, 3.8) is 0 Å². The average molecular weight is 408 g/mol. The Morgan fingerprint density at radius 2 is 1.79 bits per heavy atom. The maximum atomic E-state index is 12.7. The van der Waals surface area contributed by atoms with Crippen molar-refractivity contribution in [1.29, 1.82) is 0 Å². The molecule has 1 fully saturated rings. The van der Waals surface area contributed by atoms with Crippen LogP contribution in [0, 0.1) is 11.8 Å². The lowest BCUT2D eigenvalue weighted by atomic mass is 9.61. The molecule has 1 saturated carbocycles. The van der Waals surface area contributed by atoms with E-state index in [9.17, 15) is 19.5 Å². The number of ketones is 1. The molecule has 1 aliphatic carbocycles. The monoisotopic (exact) mass is 408 g/mol. The molecule has 0 amide bonds. The molecule has 8 heteroatoms. The average Bonchev–Trinajstić information content (AvgIpc) is 2.69. The Bertz CT molecular complexity index is 770. The molecule has 2 rings (SSSR count). The third-order valence-electron chi connectivity index (χ3n) is 5.21. The molecule has 0 aromatic heterocycles. The molecule has 0 saturated heterocycles. The second-order valence-corrected chi connectivity index (χ2v) is 7.29. The zero-order chi connectivity index (χ0) is 21.8. The van der Waals surface area contributed by atoms with Crippen LogP contribution in [-0.2, 0) is 23.9 Å². The second kappa shape index (κ2) is 9.26. The first-order chi connectivity index (χ1) is 13.7. The number of benzene rings is 1. The number of esters is 2. The molecule has 8 nitrogen and oxygen atoms in total. The minimum atomic E-state index is -1.69. The van der Waals surface area contributed by atoms with Crippen LogP contribution in [-0.4, -0.2) is 56.4 Å². The quantitative estimate of drug-likeness (QED) is 0.538. The Morgan fingerprint density at radius 3 is 2.34 bits per heavy atom. The molecule has 1 aromatic carbocycles. The summed E-state index contributed by atoms with van der Waals surface area (Å²) in [7, 11) is 3.84. The number of hydrogen-bond donors (Lipinski definition) is 1. The van der Waals surface area contributed by atoms with Gasteiger partial charge in [0.2, 0.25) is 0 Å². The van der Waals surface area contributed by atoms with Crippen LogP contribution in [0.3, 0.4) is 0 Å². The van der Waals surface area contributed by atoms with Gasteiger partial charge in [0, 0.05) is 12.3 Å². The van der Waals surface area contributed by atoms with Crippen molar-refractivity contribution in [2.75, 3.05) is 27.9 Å². The molecule has 0 heterocycles. The van der Waals surface area contributed by atoms with Gasteiger partial charge >= 0.3 is 11.9 Å². The Morgan fingerprint density at radius 1 is 1.14 bits per heavy atom. The van der Waals surface area contributed by atoms with Gasteiger partial charge in [-0.3, -0.25) is 14.4 Å². The standard InChI is InChI=1S/C21H28O8/c1-6-9-29-14-8-7-12(10-15(14)26-3)16-17(19(23)27-4)13(22)11-21(2,25)18(16)20(24)28-5/h7-8,10,16-18,25H,6,9,11H2,1-5H3/t16-,17-,18+,21-/m1/s1. The minimum Gasteiger partial charge on any atom is -0.493 e. The maximum absolute atomic E-state index is 12.7. The van der Waals surface area contributed by atoms with Crippen molar-refractivity contribution < 1.29 is 38.4 Å². The number of Topliss-reactive ketones (excluding diaryl/α,β-unsaturated/α-hetero) is 1. The fraction of sp³-hybridized carbons (Fsp3) is 0.571. The summed E-state index contributed by atoms with van der Waals surface area (Å²) in [5, 5.41) is 10.9. The number of hydrogen-bond acceptors (Lipinski definition) is 8. The molecular weight excluding hydrogens is 380 g/mol. The van der Waals surface area contributed by atoms with Gasteiger partial charge in [-0.25, -0.2) is 0 Å². The molecule has 1 aromatic rings. The molecule has 0 radical (unpaired) electrons. The van der Waals surface area contributed by atoms with E-state index in [2.05, 4.69) is 0 Å².